The van der Waals surface area contributed by atoms with E-state index in [-0.39, 0.29) is 39.5 Å². The maximum absolute atomic E-state index is 9.92. The van der Waals surface area contributed by atoms with Gasteiger partial charge in [-0.2, -0.15) is 0 Å². The van der Waals surface area contributed by atoms with Gasteiger partial charge in [0.25, 0.3) is 15.3 Å². The molecule has 0 aliphatic carbocycles. The third kappa shape index (κ3) is 98.8. The summed E-state index contributed by atoms with van der Waals surface area (Å²) >= 11 is 0. The van der Waals surface area contributed by atoms with E-state index in [9.17, 15) is 30.3 Å². The first kappa shape index (κ1) is 39.1. The van der Waals surface area contributed by atoms with Gasteiger partial charge in [-0.25, -0.2) is 13.7 Å². The van der Waals surface area contributed by atoms with Crippen LogP contribution in [0.3, 0.4) is 0 Å². The highest BCUT2D eigenvalue weighted by Gasteiger charge is 2.08. The van der Waals surface area contributed by atoms with Crippen LogP contribution >= 0.6 is 23.5 Å². The minimum absolute atomic E-state index is 0.0448. The van der Waals surface area contributed by atoms with Crippen molar-refractivity contribution in [2.75, 3.05) is 39.5 Å². The van der Waals surface area contributed by atoms with Crippen LogP contribution in [0.25, 0.3) is 0 Å². The Hall–Kier alpha value is -2.11. The van der Waals surface area contributed by atoms with Crippen molar-refractivity contribution < 1.29 is 87.5 Å². The molecule has 0 amide bonds. The molecule has 0 aromatic heterocycles. The molecule has 0 radical (unpaired) electrons. The quantitative estimate of drug-likeness (QED) is 0.0607. The van der Waals surface area contributed by atoms with Crippen molar-refractivity contribution in [1.29, 1.82) is 0 Å². The second-order valence-corrected chi connectivity index (χ2v) is 7.63. The van der Waals surface area contributed by atoms with Crippen LogP contribution in [0.15, 0.2) is 0 Å². The van der Waals surface area contributed by atoms with Gasteiger partial charge in [0.05, 0.1) is 0 Å². The van der Waals surface area contributed by atoms with Crippen molar-refractivity contribution in [3.63, 3.8) is 0 Å². The van der Waals surface area contributed by atoms with Crippen molar-refractivity contribution >= 4 is 23.5 Å². The third-order valence-electron chi connectivity index (χ3n) is 1.81. The number of nitrogens with zero attached hydrogens (tertiary/aromatic N) is 4. The zero-order chi connectivity index (χ0) is 28.2. The van der Waals surface area contributed by atoms with E-state index in [2.05, 4.69) is 14.5 Å². The molecule has 0 aliphatic rings. The normalized spacial score (nSPS) is 10.8. The van der Waals surface area contributed by atoms with Gasteiger partial charge in [0.2, 0.25) is 0 Å². The van der Waals surface area contributed by atoms with E-state index >= 15 is 0 Å². The Bertz CT molecular complexity index is 593. The molecular weight excluding hydrogens is 557 g/mol. The van der Waals surface area contributed by atoms with Crippen molar-refractivity contribution in [2.24, 2.45) is 0 Å². The Morgan fingerprint density at radius 1 is 0.529 bits per heavy atom. The van der Waals surface area contributed by atoms with Crippen LogP contribution < -0.4 is 0 Å². The fourth-order valence-electron chi connectivity index (χ4n) is 1.07. The highest BCUT2D eigenvalue weighted by Crippen LogP contribution is 2.26. The predicted molar refractivity (Wildman–Crippen MR) is 98.1 cm³/mol. The average molecular weight is 578 g/mol. The summed E-state index contributed by atoms with van der Waals surface area (Å²) in [6, 6.07) is 0. The highest BCUT2D eigenvalue weighted by atomic mass is 31.2. The van der Waals surface area contributed by atoms with Crippen molar-refractivity contribution in [1.82, 2.24) is 4.90 Å². The van der Waals surface area contributed by atoms with Gasteiger partial charge in [-0.15, -0.1) is 30.3 Å². The van der Waals surface area contributed by atoms with Gasteiger partial charge < -0.3 is 58.6 Å². The smallest absolute Gasteiger partial charge is 0.313 e. The van der Waals surface area contributed by atoms with Crippen LogP contribution in [0.1, 0.15) is 0 Å². The molecule has 0 aliphatic heterocycles. The van der Waals surface area contributed by atoms with Crippen molar-refractivity contribution in [3.8, 4) is 0 Å². The van der Waals surface area contributed by atoms with Crippen LogP contribution in [-0.2, 0) is 28.2 Å². The Morgan fingerprint density at radius 3 is 0.794 bits per heavy atom. The molecule has 0 spiro atoms. The Kier molecular flexibility index (Phi) is 23.3. The maximum Gasteiger partial charge on any atom is 0.466 e. The van der Waals surface area contributed by atoms with E-state index in [1.54, 1.807) is 0 Å². The maximum atomic E-state index is 9.92. The minimum atomic E-state index is -4.64. The SMILES string of the molecule is O=P(O)(O)O.O=P(O)(O)O.O=P(O)(O)O.O=[N+]([O-])OCCN(CCO[N+](=O)[O-])CCO[N+](=O)[O-]. The van der Waals surface area contributed by atoms with E-state index in [1.165, 1.54) is 4.90 Å². The van der Waals surface area contributed by atoms with E-state index in [4.69, 9.17) is 57.7 Å². The van der Waals surface area contributed by atoms with E-state index in [0.29, 0.717) is 0 Å². The van der Waals surface area contributed by atoms with Gasteiger partial charge in [0, 0.05) is 19.6 Å². The van der Waals surface area contributed by atoms with Crippen molar-refractivity contribution in [2.45, 2.75) is 0 Å². The molecular formula is C6H21N4O21P3. The summed E-state index contributed by atoms with van der Waals surface area (Å²) in [5, 5.41) is 26.8. The van der Waals surface area contributed by atoms with Crippen LogP contribution in [0.2, 0.25) is 0 Å². The lowest BCUT2D eigenvalue weighted by molar-refractivity contribution is -0.760. The Balaban J connectivity index is -0.000000242. The molecule has 0 rings (SSSR count). The average Bonchev–Trinajstić information content (AvgIpc) is 2.48. The first-order valence-electron chi connectivity index (χ1n) is 7.31. The summed E-state index contributed by atoms with van der Waals surface area (Å²) in [6.07, 6.45) is 0. The third-order valence-corrected chi connectivity index (χ3v) is 1.81. The number of hydrogen-bond donors (Lipinski definition) is 9. The standard InChI is InChI=1S/C6H12N4O9.3H3O4P/c11-8(12)17-4-1-7(2-5-18-9(13)14)3-6-19-10(15)16;3*1-5(2,3)4/h1-6H2;3*(H3,1,2,3,4). The number of hydrogen-bond acceptors (Lipinski definition) is 13. The summed E-state index contributed by atoms with van der Waals surface area (Å²) in [5.74, 6) is 0. The van der Waals surface area contributed by atoms with Crippen LogP contribution in [0.5, 0.6) is 0 Å². The van der Waals surface area contributed by atoms with E-state index in [0.717, 1.165) is 0 Å². The zero-order valence-corrected chi connectivity index (χ0v) is 19.0. The van der Waals surface area contributed by atoms with Crippen molar-refractivity contribution in [3.05, 3.63) is 30.3 Å². The zero-order valence-electron chi connectivity index (χ0n) is 16.3. The van der Waals surface area contributed by atoms with Gasteiger partial charge in [0.15, 0.2) is 0 Å². The number of phosphoric acid groups is 3. The van der Waals surface area contributed by atoms with Gasteiger partial charge in [-0.05, 0) is 0 Å². The predicted octanol–water partition coefficient (Wildman–Crippen LogP) is -3.87. The molecule has 0 aromatic rings. The van der Waals surface area contributed by atoms with Crippen LogP contribution in [0.4, 0.5) is 0 Å². The molecule has 0 bridgehead atoms. The second kappa shape index (κ2) is 20.3. The highest BCUT2D eigenvalue weighted by molar-refractivity contribution is 7.45. The Labute approximate surface area is 186 Å². The lowest BCUT2D eigenvalue weighted by atomic mass is 10.4. The molecule has 0 saturated heterocycles. The second-order valence-electron chi connectivity index (χ2n) is 4.55. The first-order chi connectivity index (χ1) is 14.9. The molecule has 0 unspecified atom stereocenters. The van der Waals surface area contributed by atoms with E-state index in [1.807, 2.05) is 0 Å². The van der Waals surface area contributed by atoms with Gasteiger partial charge in [-0.1, -0.05) is 0 Å². The molecule has 0 heterocycles. The lowest BCUT2D eigenvalue weighted by Gasteiger charge is -2.20. The lowest BCUT2D eigenvalue weighted by Crippen LogP contribution is -2.35. The molecule has 28 heteroatoms. The first-order valence-corrected chi connectivity index (χ1v) is 12.0. The van der Waals surface area contributed by atoms with E-state index < -0.39 is 38.7 Å². The summed E-state index contributed by atoms with van der Waals surface area (Å²) in [7, 11) is -13.9. The summed E-state index contributed by atoms with van der Waals surface area (Å²) in [4.78, 5) is 108. The Morgan fingerprint density at radius 2 is 0.676 bits per heavy atom. The minimum Gasteiger partial charge on any atom is -0.313 e. The molecule has 25 nitrogen and oxygen atoms in total. The summed E-state index contributed by atoms with van der Waals surface area (Å²) in [6.45, 7) is -0.687. The fraction of sp³-hybridized carbons (Fsp3) is 1.00. The molecule has 0 atom stereocenters. The van der Waals surface area contributed by atoms with Crippen LogP contribution in [-0.4, -0.2) is 104 Å². The molecule has 9 N–H and O–H groups in total. The summed E-state index contributed by atoms with van der Waals surface area (Å²) in [5.41, 5.74) is 0. The number of rotatable bonds is 12. The largest absolute Gasteiger partial charge is 0.466 e. The molecule has 34 heavy (non-hydrogen) atoms. The topological polar surface area (TPSA) is 394 Å². The van der Waals surface area contributed by atoms with Gasteiger partial charge in [0.1, 0.15) is 19.8 Å². The molecule has 0 fully saturated rings. The monoisotopic (exact) mass is 578 g/mol. The van der Waals surface area contributed by atoms with Gasteiger partial charge >= 0.3 is 23.5 Å². The summed E-state index contributed by atoms with van der Waals surface area (Å²) < 4.78 is 26.6. The fourth-order valence-corrected chi connectivity index (χ4v) is 1.07. The molecule has 0 aromatic carbocycles. The molecule has 0 saturated carbocycles. The van der Waals surface area contributed by atoms with Crippen LogP contribution in [0, 0.1) is 30.3 Å². The molecule has 206 valence electrons. The van der Waals surface area contributed by atoms with Gasteiger partial charge in [-0.3, -0.25) is 4.90 Å².